The molecule has 2 aromatic rings. The molecule has 3 rings (SSSR count). The fourth-order valence-corrected chi connectivity index (χ4v) is 3.25. The van der Waals surface area contributed by atoms with Gasteiger partial charge >= 0.3 is 6.18 Å². The van der Waals surface area contributed by atoms with Gasteiger partial charge in [-0.05, 0) is 37.1 Å². The van der Waals surface area contributed by atoms with Crippen molar-refractivity contribution in [1.82, 2.24) is 5.32 Å². The van der Waals surface area contributed by atoms with Crippen LogP contribution in [0.3, 0.4) is 0 Å². The zero-order valence-electron chi connectivity index (χ0n) is 10.2. The van der Waals surface area contributed by atoms with E-state index in [0.717, 1.165) is 0 Å². The molecule has 1 N–H and O–H groups in total. The van der Waals surface area contributed by atoms with Crippen LogP contribution in [-0.4, -0.2) is 11.7 Å². The molecule has 1 aliphatic carbocycles. The maximum Gasteiger partial charge on any atom is 0.406 e. The zero-order chi connectivity index (χ0) is 14.4. The predicted molar refractivity (Wildman–Crippen MR) is 71.0 cm³/mol. The molecule has 1 aliphatic rings. The van der Waals surface area contributed by atoms with E-state index >= 15 is 0 Å². The van der Waals surface area contributed by atoms with Crippen molar-refractivity contribution < 1.29 is 17.6 Å². The van der Waals surface area contributed by atoms with Crippen LogP contribution in [0.4, 0.5) is 13.2 Å². The maximum absolute atomic E-state index is 13.1. The van der Waals surface area contributed by atoms with E-state index in [-0.39, 0.29) is 12.8 Å². The van der Waals surface area contributed by atoms with E-state index < -0.39 is 17.8 Å². The van der Waals surface area contributed by atoms with E-state index in [0.29, 0.717) is 15.0 Å². The third-order valence-electron chi connectivity index (χ3n) is 3.42. The molecule has 0 saturated heterocycles. The fourth-order valence-electron chi connectivity index (χ4n) is 2.13. The first kappa shape index (κ1) is 14.0. The molecule has 0 amide bonds. The van der Waals surface area contributed by atoms with E-state index in [2.05, 4.69) is 5.32 Å². The van der Waals surface area contributed by atoms with Crippen LogP contribution in [0.15, 0.2) is 34.9 Å². The summed E-state index contributed by atoms with van der Waals surface area (Å²) < 4.78 is 45.1. The van der Waals surface area contributed by atoms with Gasteiger partial charge in [-0.2, -0.15) is 13.2 Å². The number of rotatable bonds is 4. The summed E-state index contributed by atoms with van der Waals surface area (Å²) in [6.45, 7) is 0. The summed E-state index contributed by atoms with van der Waals surface area (Å²) in [7, 11) is 0. The second-order valence-electron chi connectivity index (χ2n) is 4.81. The lowest BCUT2D eigenvalue weighted by Gasteiger charge is -2.25. The Morgan fingerprint density at radius 3 is 2.50 bits per heavy atom. The fraction of sp³-hybridized carbons (Fsp3) is 0.385. The number of nitrogens with one attached hydrogen (secondary N) is 1. The number of halogens is 4. The monoisotopic (exact) mass is 321 g/mol. The molecule has 0 radical (unpaired) electrons. The molecule has 20 heavy (non-hydrogen) atoms. The van der Waals surface area contributed by atoms with Crippen LogP contribution < -0.4 is 5.32 Å². The van der Waals surface area contributed by atoms with Gasteiger partial charge in [-0.1, -0.05) is 11.6 Å². The van der Waals surface area contributed by atoms with Gasteiger partial charge in [0.05, 0.1) is 10.6 Å². The van der Waals surface area contributed by atoms with Crippen molar-refractivity contribution in [1.29, 1.82) is 0 Å². The van der Waals surface area contributed by atoms with Gasteiger partial charge < -0.3 is 4.42 Å². The molecule has 2 nitrogen and oxygen atoms in total. The van der Waals surface area contributed by atoms with Crippen LogP contribution in [0.25, 0.3) is 0 Å². The van der Waals surface area contributed by atoms with Crippen LogP contribution in [0.2, 0.25) is 4.34 Å². The second kappa shape index (κ2) is 4.79. The average molecular weight is 322 g/mol. The molecule has 1 saturated carbocycles. The Balaban J connectivity index is 1.92. The summed E-state index contributed by atoms with van der Waals surface area (Å²) in [6.07, 6.45) is -2.63. The van der Waals surface area contributed by atoms with Crippen molar-refractivity contribution in [3.8, 4) is 0 Å². The Morgan fingerprint density at radius 2 is 2.05 bits per heavy atom. The molecular weight excluding hydrogens is 311 g/mol. The van der Waals surface area contributed by atoms with E-state index in [1.807, 2.05) is 0 Å². The van der Waals surface area contributed by atoms with Gasteiger partial charge in [0.1, 0.15) is 17.3 Å². The summed E-state index contributed by atoms with van der Waals surface area (Å²) in [5, 5.41) is 2.71. The van der Waals surface area contributed by atoms with Crippen LogP contribution in [-0.2, 0) is 0 Å². The second-order valence-corrected chi connectivity index (χ2v) is 6.56. The topological polar surface area (TPSA) is 25.2 Å². The maximum atomic E-state index is 13.1. The molecule has 1 atom stereocenters. The summed E-state index contributed by atoms with van der Waals surface area (Å²) in [5.41, 5.74) is -1.80. The predicted octanol–water partition coefficient (Wildman–Crippen LogP) is 4.77. The SMILES string of the molecule is FC(F)(F)C1(NC(c2ccco2)c2ccc(Cl)s2)CC1. The summed E-state index contributed by atoms with van der Waals surface area (Å²) in [5.74, 6) is 0.457. The molecule has 0 bridgehead atoms. The molecule has 0 aromatic carbocycles. The Labute approximate surface area is 122 Å². The quantitative estimate of drug-likeness (QED) is 0.877. The molecule has 0 spiro atoms. The van der Waals surface area contributed by atoms with Crippen LogP contribution in [0.5, 0.6) is 0 Å². The summed E-state index contributed by atoms with van der Waals surface area (Å²) in [6, 6.07) is 6.09. The molecule has 1 fully saturated rings. The third kappa shape index (κ3) is 2.47. The summed E-state index contributed by atoms with van der Waals surface area (Å²) >= 11 is 7.13. The lowest BCUT2D eigenvalue weighted by atomic mass is 10.1. The van der Waals surface area contributed by atoms with Gasteiger partial charge in [-0.3, -0.25) is 5.32 Å². The van der Waals surface area contributed by atoms with Crippen molar-refractivity contribution in [3.63, 3.8) is 0 Å². The highest BCUT2D eigenvalue weighted by Gasteiger charge is 2.64. The molecule has 2 heterocycles. The van der Waals surface area contributed by atoms with Crippen LogP contribution in [0, 0.1) is 0 Å². The van der Waals surface area contributed by atoms with Gasteiger partial charge in [0.15, 0.2) is 0 Å². The zero-order valence-corrected chi connectivity index (χ0v) is 11.8. The average Bonchev–Trinajstić information content (AvgIpc) is 2.81. The minimum Gasteiger partial charge on any atom is -0.467 e. The Hall–Kier alpha value is -0.980. The number of furan rings is 1. The highest BCUT2D eigenvalue weighted by Crippen LogP contribution is 2.51. The summed E-state index contributed by atoms with van der Waals surface area (Å²) in [4.78, 5) is 0.709. The largest absolute Gasteiger partial charge is 0.467 e. The smallest absolute Gasteiger partial charge is 0.406 e. The Bertz CT molecular complexity index is 589. The van der Waals surface area contributed by atoms with E-state index in [9.17, 15) is 13.2 Å². The number of hydrogen-bond donors (Lipinski definition) is 1. The molecule has 2 aromatic heterocycles. The number of thiophene rings is 1. The van der Waals surface area contributed by atoms with E-state index in [1.165, 1.54) is 17.6 Å². The van der Waals surface area contributed by atoms with Crippen molar-refractivity contribution >= 4 is 22.9 Å². The molecular formula is C13H11ClF3NOS. The third-order valence-corrected chi connectivity index (χ3v) is 4.72. The van der Waals surface area contributed by atoms with Gasteiger partial charge in [-0.15, -0.1) is 11.3 Å². The van der Waals surface area contributed by atoms with Crippen molar-refractivity contribution in [2.75, 3.05) is 0 Å². The minimum absolute atomic E-state index is 0.0901. The standard InChI is InChI=1S/C13H11ClF3NOS/c14-10-4-3-9(20-10)11(8-2-1-7-19-8)18-12(5-6-12)13(15,16)17/h1-4,7,11,18H,5-6H2. The first-order chi connectivity index (χ1) is 9.41. The van der Waals surface area contributed by atoms with Crippen molar-refractivity contribution in [2.24, 2.45) is 0 Å². The van der Waals surface area contributed by atoms with Crippen LogP contribution >= 0.6 is 22.9 Å². The molecule has 0 aliphatic heterocycles. The Kier molecular flexibility index (Phi) is 3.35. The number of hydrogen-bond acceptors (Lipinski definition) is 3. The first-order valence-electron chi connectivity index (χ1n) is 6.04. The highest BCUT2D eigenvalue weighted by molar-refractivity contribution is 7.16. The van der Waals surface area contributed by atoms with Gasteiger partial charge in [0.25, 0.3) is 0 Å². The van der Waals surface area contributed by atoms with Gasteiger partial charge in [0, 0.05) is 4.88 Å². The number of alkyl halides is 3. The molecule has 108 valence electrons. The van der Waals surface area contributed by atoms with E-state index in [1.54, 1.807) is 24.3 Å². The lowest BCUT2D eigenvalue weighted by molar-refractivity contribution is -0.167. The van der Waals surface area contributed by atoms with Crippen molar-refractivity contribution in [2.45, 2.75) is 30.6 Å². The van der Waals surface area contributed by atoms with E-state index in [4.69, 9.17) is 16.0 Å². The van der Waals surface area contributed by atoms with Crippen molar-refractivity contribution in [3.05, 3.63) is 45.5 Å². The lowest BCUT2D eigenvalue weighted by Crippen LogP contribution is -2.46. The Morgan fingerprint density at radius 1 is 1.30 bits per heavy atom. The van der Waals surface area contributed by atoms with Gasteiger partial charge in [0.2, 0.25) is 0 Å². The first-order valence-corrected chi connectivity index (χ1v) is 7.24. The molecule has 7 heteroatoms. The highest BCUT2D eigenvalue weighted by atomic mass is 35.5. The van der Waals surface area contributed by atoms with Crippen LogP contribution in [0.1, 0.15) is 29.5 Å². The van der Waals surface area contributed by atoms with Gasteiger partial charge in [-0.25, -0.2) is 0 Å². The molecule has 1 unspecified atom stereocenters. The normalized spacial score (nSPS) is 19.0. The minimum atomic E-state index is -4.26.